The van der Waals surface area contributed by atoms with Gasteiger partial charge in [0.15, 0.2) is 0 Å². The number of nitrogens with zero attached hydrogens (tertiary/aromatic N) is 1. The summed E-state index contributed by atoms with van der Waals surface area (Å²) in [7, 11) is 0. The second-order valence-corrected chi connectivity index (χ2v) is 4.45. The summed E-state index contributed by atoms with van der Waals surface area (Å²) in [5, 5.41) is 23.3. The number of anilines is 1. The first-order chi connectivity index (χ1) is 8.88. The molecule has 1 aromatic carbocycles. The van der Waals surface area contributed by atoms with Crippen molar-refractivity contribution in [2.75, 3.05) is 5.32 Å². The molecule has 1 aromatic rings. The third-order valence-corrected chi connectivity index (χ3v) is 3.41. The van der Waals surface area contributed by atoms with Crippen molar-refractivity contribution in [3.8, 4) is 0 Å². The van der Waals surface area contributed by atoms with E-state index in [0.717, 1.165) is 0 Å². The fraction of sp³-hybridized carbons (Fsp3) is 0.462. The summed E-state index contributed by atoms with van der Waals surface area (Å²) >= 11 is 0. The number of nitrogens with one attached hydrogen (secondary N) is 1. The van der Waals surface area contributed by atoms with E-state index in [1.165, 1.54) is 6.07 Å². The molecule has 0 atom stereocenters. The summed E-state index contributed by atoms with van der Waals surface area (Å²) in [6.45, 7) is 5.11. The smallest absolute Gasteiger partial charge is 0.329 e. The van der Waals surface area contributed by atoms with Crippen LogP contribution >= 0.6 is 0 Å². The lowest BCUT2D eigenvalue weighted by atomic mass is 9.92. The van der Waals surface area contributed by atoms with E-state index in [0.29, 0.717) is 18.4 Å². The molecule has 0 aliphatic heterocycles. The van der Waals surface area contributed by atoms with Gasteiger partial charge >= 0.3 is 5.97 Å². The molecule has 6 nitrogen and oxygen atoms in total. The monoisotopic (exact) mass is 266 g/mol. The minimum absolute atomic E-state index is 0.0741. The Morgan fingerprint density at radius 3 is 2.42 bits per heavy atom. The van der Waals surface area contributed by atoms with Crippen molar-refractivity contribution in [1.82, 2.24) is 0 Å². The van der Waals surface area contributed by atoms with Crippen LogP contribution < -0.4 is 5.32 Å². The number of nitro benzene ring substituents is 1. The van der Waals surface area contributed by atoms with Gasteiger partial charge < -0.3 is 10.4 Å². The van der Waals surface area contributed by atoms with Gasteiger partial charge in [-0.3, -0.25) is 10.1 Å². The fourth-order valence-electron chi connectivity index (χ4n) is 2.04. The molecule has 0 aliphatic carbocycles. The lowest BCUT2D eigenvalue weighted by molar-refractivity contribution is -0.384. The molecule has 0 saturated heterocycles. The zero-order valence-corrected chi connectivity index (χ0v) is 11.3. The Bertz CT molecular complexity index is 495. The molecule has 104 valence electrons. The summed E-state index contributed by atoms with van der Waals surface area (Å²) in [6, 6.07) is 4.83. The van der Waals surface area contributed by atoms with E-state index in [9.17, 15) is 20.0 Å². The second-order valence-electron chi connectivity index (χ2n) is 4.45. The van der Waals surface area contributed by atoms with Crippen LogP contribution in [0.2, 0.25) is 0 Å². The van der Waals surface area contributed by atoms with E-state index >= 15 is 0 Å². The maximum absolute atomic E-state index is 11.4. The molecular formula is C13H18N2O4. The zero-order chi connectivity index (χ0) is 14.6. The lowest BCUT2D eigenvalue weighted by Crippen LogP contribution is -2.45. The molecule has 0 radical (unpaired) electrons. The van der Waals surface area contributed by atoms with Crippen molar-refractivity contribution in [3.63, 3.8) is 0 Å². The third-order valence-electron chi connectivity index (χ3n) is 3.41. The minimum Gasteiger partial charge on any atom is -0.480 e. The van der Waals surface area contributed by atoms with Crippen molar-refractivity contribution >= 4 is 17.3 Å². The predicted molar refractivity (Wildman–Crippen MR) is 72.4 cm³/mol. The lowest BCUT2D eigenvalue weighted by Gasteiger charge is -2.29. The Labute approximate surface area is 111 Å². The molecule has 0 unspecified atom stereocenters. The van der Waals surface area contributed by atoms with E-state index in [1.54, 1.807) is 32.9 Å². The largest absolute Gasteiger partial charge is 0.480 e. The average Bonchev–Trinajstić information content (AvgIpc) is 2.35. The number of aliphatic carboxylic acids is 1. The number of hydrogen-bond acceptors (Lipinski definition) is 4. The molecule has 1 rings (SSSR count). The first-order valence-electron chi connectivity index (χ1n) is 6.13. The van der Waals surface area contributed by atoms with E-state index in [1.807, 2.05) is 0 Å². The molecule has 0 saturated carbocycles. The average molecular weight is 266 g/mol. The summed E-state index contributed by atoms with van der Waals surface area (Å²) in [5.41, 5.74) is -0.508. The second kappa shape index (κ2) is 5.69. The molecule has 6 heteroatoms. The number of carboxylic acids is 1. The highest BCUT2D eigenvalue weighted by molar-refractivity contribution is 5.84. The number of hydrogen-bond donors (Lipinski definition) is 2. The van der Waals surface area contributed by atoms with Crippen molar-refractivity contribution in [1.29, 1.82) is 0 Å². The van der Waals surface area contributed by atoms with Crippen LogP contribution in [0.4, 0.5) is 11.4 Å². The van der Waals surface area contributed by atoms with Gasteiger partial charge in [0, 0.05) is 5.56 Å². The highest BCUT2D eigenvalue weighted by atomic mass is 16.6. The van der Waals surface area contributed by atoms with Crippen molar-refractivity contribution in [2.24, 2.45) is 0 Å². The van der Waals surface area contributed by atoms with E-state index < -0.39 is 16.4 Å². The Kier molecular flexibility index (Phi) is 4.47. The maximum atomic E-state index is 11.4. The molecule has 0 aliphatic rings. The van der Waals surface area contributed by atoms with Gasteiger partial charge in [-0.15, -0.1) is 0 Å². The normalized spacial score (nSPS) is 11.1. The summed E-state index contributed by atoms with van der Waals surface area (Å²) in [4.78, 5) is 22.0. The minimum atomic E-state index is -1.18. The van der Waals surface area contributed by atoms with Crippen LogP contribution in [0.1, 0.15) is 32.3 Å². The summed E-state index contributed by atoms with van der Waals surface area (Å²) in [5.74, 6) is -1.01. The van der Waals surface area contributed by atoms with E-state index in [2.05, 4.69) is 5.32 Å². The van der Waals surface area contributed by atoms with Gasteiger partial charge in [-0.1, -0.05) is 26.0 Å². The quantitative estimate of drug-likeness (QED) is 0.610. The fourth-order valence-corrected chi connectivity index (χ4v) is 2.04. The molecule has 0 spiro atoms. The number of rotatable bonds is 6. The van der Waals surface area contributed by atoms with Gasteiger partial charge in [0.2, 0.25) is 0 Å². The number of para-hydroxylation sites is 1. The number of benzene rings is 1. The van der Waals surface area contributed by atoms with Crippen LogP contribution in [-0.2, 0) is 4.79 Å². The first kappa shape index (κ1) is 14.9. The van der Waals surface area contributed by atoms with Crippen LogP contribution in [-0.4, -0.2) is 21.5 Å². The van der Waals surface area contributed by atoms with E-state index in [4.69, 9.17) is 0 Å². The van der Waals surface area contributed by atoms with Crippen molar-refractivity contribution in [2.45, 2.75) is 39.2 Å². The highest BCUT2D eigenvalue weighted by Gasteiger charge is 2.36. The topological polar surface area (TPSA) is 92.5 Å². The summed E-state index contributed by atoms with van der Waals surface area (Å²) in [6.07, 6.45) is 0.674. The molecule has 2 N–H and O–H groups in total. The number of carboxylic acid groups (broad SMARTS) is 1. The van der Waals surface area contributed by atoms with Crippen LogP contribution in [0.25, 0.3) is 0 Å². The van der Waals surface area contributed by atoms with Gasteiger partial charge in [0.1, 0.15) is 11.2 Å². The Morgan fingerprint density at radius 1 is 1.42 bits per heavy atom. The van der Waals surface area contributed by atoms with Gasteiger partial charge in [-0.25, -0.2) is 4.79 Å². The highest BCUT2D eigenvalue weighted by Crippen LogP contribution is 2.32. The SMILES string of the molecule is CCC(CC)(Nc1cccc(C)c1[N+](=O)[O-])C(=O)O. The molecule has 0 aromatic heterocycles. The zero-order valence-electron chi connectivity index (χ0n) is 11.3. The maximum Gasteiger partial charge on any atom is 0.329 e. The van der Waals surface area contributed by atoms with Crippen molar-refractivity contribution < 1.29 is 14.8 Å². The standard InChI is InChI=1S/C13H18N2O4/c1-4-13(5-2,12(16)17)14-10-8-6-7-9(3)11(10)15(18)19/h6-8,14H,4-5H2,1-3H3,(H,16,17). The number of carbonyl (C=O) groups is 1. The molecule has 0 heterocycles. The van der Waals surface area contributed by atoms with Crippen molar-refractivity contribution in [3.05, 3.63) is 33.9 Å². The number of aryl methyl sites for hydroxylation is 1. The van der Waals surface area contributed by atoms with Gasteiger partial charge in [-0.2, -0.15) is 0 Å². The molecule has 0 fully saturated rings. The van der Waals surface area contributed by atoms with Gasteiger partial charge in [0.25, 0.3) is 5.69 Å². The van der Waals surface area contributed by atoms with Crippen LogP contribution in [0, 0.1) is 17.0 Å². The van der Waals surface area contributed by atoms with E-state index in [-0.39, 0.29) is 11.4 Å². The number of nitro groups is 1. The molecular weight excluding hydrogens is 248 g/mol. The molecule has 0 amide bonds. The van der Waals surface area contributed by atoms with Crippen LogP contribution in [0.5, 0.6) is 0 Å². The predicted octanol–water partition coefficient (Wildman–Crippen LogP) is 2.96. The third kappa shape index (κ3) is 2.83. The molecule has 0 bridgehead atoms. The summed E-state index contributed by atoms with van der Waals surface area (Å²) < 4.78 is 0. The Balaban J connectivity index is 3.28. The molecule has 19 heavy (non-hydrogen) atoms. The van der Waals surface area contributed by atoms with Crippen LogP contribution in [0.15, 0.2) is 18.2 Å². The van der Waals surface area contributed by atoms with Gasteiger partial charge in [-0.05, 0) is 25.8 Å². The van der Waals surface area contributed by atoms with Crippen LogP contribution in [0.3, 0.4) is 0 Å². The Morgan fingerprint density at radius 2 is 2.00 bits per heavy atom. The van der Waals surface area contributed by atoms with Gasteiger partial charge in [0.05, 0.1) is 4.92 Å². The Hall–Kier alpha value is -2.11. The first-order valence-corrected chi connectivity index (χ1v) is 6.13.